The zero-order chi connectivity index (χ0) is 14.7. The van der Waals surface area contributed by atoms with E-state index in [-0.39, 0.29) is 12.1 Å². The fourth-order valence-electron chi connectivity index (χ4n) is 3.13. The molecule has 110 valence electrons. The van der Waals surface area contributed by atoms with Gasteiger partial charge in [0.25, 0.3) is 0 Å². The van der Waals surface area contributed by atoms with E-state index in [0.717, 1.165) is 12.8 Å². The third-order valence-corrected chi connectivity index (χ3v) is 4.40. The second-order valence-electron chi connectivity index (χ2n) is 6.36. The fourth-order valence-corrected chi connectivity index (χ4v) is 3.13. The lowest BCUT2D eigenvalue weighted by Crippen LogP contribution is -2.36. The van der Waals surface area contributed by atoms with Crippen LogP contribution in [0.2, 0.25) is 0 Å². The molecule has 2 rings (SSSR count). The molecule has 0 heterocycles. The molecule has 1 aliphatic rings. The minimum absolute atomic E-state index is 0.0193. The molecule has 0 spiro atoms. The molecule has 0 bridgehead atoms. The Labute approximate surface area is 121 Å². The largest absolute Gasteiger partial charge is 0.458 e. The molecule has 0 aromatic heterocycles. The molecule has 20 heavy (non-hydrogen) atoms. The van der Waals surface area contributed by atoms with E-state index in [2.05, 4.69) is 20.8 Å². The zero-order valence-corrected chi connectivity index (χ0v) is 12.6. The topological polar surface area (TPSA) is 52.3 Å². The van der Waals surface area contributed by atoms with Crippen LogP contribution in [-0.4, -0.2) is 12.1 Å². The number of nitrogen functional groups attached to an aromatic ring is 1. The number of nitrogens with two attached hydrogens (primary N) is 1. The minimum atomic E-state index is -0.284. The lowest BCUT2D eigenvalue weighted by atomic mass is 9.75. The average Bonchev–Trinajstić information content (AvgIpc) is 2.38. The van der Waals surface area contributed by atoms with Crippen LogP contribution in [0.3, 0.4) is 0 Å². The smallest absolute Gasteiger partial charge is 0.340 e. The van der Waals surface area contributed by atoms with E-state index in [4.69, 9.17) is 10.5 Å². The van der Waals surface area contributed by atoms with Gasteiger partial charge in [0.1, 0.15) is 6.10 Å². The van der Waals surface area contributed by atoms with Gasteiger partial charge in [-0.15, -0.1) is 0 Å². The molecule has 3 atom stereocenters. The van der Waals surface area contributed by atoms with Crippen LogP contribution in [0.15, 0.2) is 24.3 Å². The number of esters is 1. The number of rotatable bonds is 3. The summed E-state index contributed by atoms with van der Waals surface area (Å²) < 4.78 is 5.78. The van der Waals surface area contributed by atoms with Crippen molar-refractivity contribution >= 4 is 11.7 Å². The Kier molecular flexibility index (Phi) is 4.69. The third kappa shape index (κ3) is 3.33. The molecular formula is C17H25NO2. The van der Waals surface area contributed by atoms with Crippen LogP contribution < -0.4 is 5.73 Å². The van der Waals surface area contributed by atoms with E-state index in [9.17, 15) is 4.79 Å². The van der Waals surface area contributed by atoms with Crippen LogP contribution >= 0.6 is 0 Å². The number of para-hydroxylation sites is 1. The number of carbonyl (C=O) groups excluding carboxylic acids is 1. The lowest BCUT2D eigenvalue weighted by Gasteiger charge is -2.36. The summed E-state index contributed by atoms with van der Waals surface area (Å²) >= 11 is 0. The number of hydrogen-bond donors (Lipinski definition) is 1. The highest BCUT2D eigenvalue weighted by Crippen LogP contribution is 2.35. The maximum absolute atomic E-state index is 12.3. The van der Waals surface area contributed by atoms with Crippen LogP contribution in [0.1, 0.15) is 50.4 Å². The Morgan fingerprint density at radius 2 is 2.00 bits per heavy atom. The maximum Gasteiger partial charge on any atom is 0.340 e. The summed E-state index contributed by atoms with van der Waals surface area (Å²) in [5.74, 6) is 1.33. The summed E-state index contributed by atoms with van der Waals surface area (Å²) in [4.78, 5) is 12.3. The molecule has 1 fully saturated rings. The molecule has 1 aliphatic carbocycles. The summed E-state index contributed by atoms with van der Waals surface area (Å²) in [6.07, 6.45) is 3.35. The van der Waals surface area contributed by atoms with Gasteiger partial charge in [0, 0.05) is 5.69 Å². The molecule has 0 aliphatic heterocycles. The van der Waals surface area contributed by atoms with Crippen molar-refractivity contribution in [3.63, 3.8) is 0 Å². The second-order valence-corrected chi connectivity index (χ2v) is 6.36. The summed E-state index contributed by atoms with van der Waals surface area (Å²) in [6, 6.07) is 7.11. The van der Waals surface area contributed by atoms with Gasteiger partial charge in [-0.1, -0.05) is 39.3 Å². The van der Waals surface area contributed by atoms with Crippen LogP contribution in [0.5, 0.6) is 0 Å². The Bertz CT molecular complexity index is 470. The van der Waals surface area contributed by atoms with Crippen LogP contribution in [0.25, 0.3) is 0 Å². The predicted octanol–water partition coefficient (Wildman–Crippen LogP) is 3.89. The molecule has 2 N–H and O–H groups in total. The normalized spacial score (nSPS) is 26.5. The van der Waals surface area contributed by atoms with Crippen molar-refractivity contribution in [3.05, 3.63) is 29.8 Å². The van der Waals surface area contributed by atoms with Crippen LogP contribution in [-0.2, 0) is 4.74 Å². The van der Waals surface area contributed by atoms with Gasteiger partial charge in [-0.3, -0.25) is 0 Å². The Hall–Kier alpha value is -1.51. The number of anilines is 1. The van der Waals surface area contributed by atoms with E-state index < -0.39 is 0 Å². The quantitative estimate of drug-likeness (QED) is 0.672. The Balaban J connectivity index is 2.10. The maximum atomic E-state index is 12.3. The van der Waals surface area contributed by atoms with Crippen molar-refractivity contribution < 1.29 is 9.53 Å². The zero-order valence-electron chi connectivity index (χ0n) is 12.6. The van der Waals surface area contributed by atoms with Gasteiger partial charge in [0.05, 0.1) is 5.56 Å². The molecule has 1 aromatic carbocycles. The number of benzene rings is 1. The van der Waals surface area contributed by atoms with Crippen molar-refractivity contribution in [2.75, 3.05) is 5.73 Å². The summed E-state index contributed by atoms with van der Waals surface area (Å²) in [7, 11) is 0. The molecule has 1 saturated carbocycles. The van der Waals surface area contributed by atoms with Crippen molar-refractivity contribution in [2.45, 2.75) is 46.1 Å². The summed E-state index contributed by atoms with van der Waals surface area (Å²) in [5.41, 5.74) is 6.82. The fraction of sp³-hybridized carbons (Fsp3) is 0.588. The average molecular weight is 275 g/mol. The number of ether oxygens (including phenoxy) is 1. The number of hydrogen-bond acceptors (Lipinski definition) is 3. The third-order valence-electron chi connectivity index (χ3n) is 4.40. The first-order chi connectivity index (χ1) is 9.49. The molecule has 3 heteroatoms. The highest BCUT2D eigenvalue weighted by Gasteiger charge is 2.33. The molecule has 0 saturated heterocycles. The predicted molar refractivity (Wildman–Crippen MR) is 81.4 cm³/mol. The van der Waals surface area contributed by atoms with Crippen molar-refractivity contribution in [1.29, 1.82) is 0 Å². The van der Waals surface area contributed by atoms with Crippen molar-refractivity contribution in [2.24, 2.45) is 17.8 Å². The molecule has 0 amide bonds. The van der Waals surface area contributed by atoms with Gasteiger partial charge in [0.15, 0.2) is 0 Å². The first kappa shape index (κ1) is 14.9. The minimum Gasteiger partial charge on any atom is -0.458 e. The van der Waals surface area contributed by atoms with E-state index in [1.807, 2.05) is 12.1 Å². The lowest BCUT2D eigenvalue weighted by molar-refractivity contribution is -0.0173. The van der Waals surface area contributed by atoms with Crippen molar-refractivity contribution in [3.8, 4) is 0 Å². The van der Waals surface area contributed by atoms with Gasteiger partial charge in [-0.05, 0) is 42.7 Å². The first-order valence-corrected chi connectivity index (χ1v) is 7.54. The van der Waals surface area contributed by atoms with E-state index in [1.54, 1.807) is 12.1 Å². The SMILES string of the molecule is CC(C)[C@@H]1CC[C@H](C)C[C@H]1OC(=O)c1ccccc1N. The second kappa shape index (κ2) is 6.29. The monoisotopic (exact) mass is 275 g/mol. The van der Waals surface area contributed by atoms with Crippen LogP contribution in [0.4, 0.5) is 5.69 Å². The van der Waals surface area contributed by atoms with E-state index in [1.165, 1.54) is 6.42 Å². The summed E-state index contributed by atoms with van der Waals surface area (Å²) in [5, 5.41) is 0. The van der Waals surface area contributed by atoms with E-state index >= 15 is 0 Å². The highest BCUT2D eigenvalue weighted by atomic mass is 16.5. The Morgan fingerprint density at radius 3 is 2.65 bits per heavy atom. The Morgan fingerprint density at radius 1 is 1.30 bits per heavy atom. The number of carbonyl (C=O) groups is 1. The molecular weight excluding hydrogens is 250 g/mol. The van der Waals surface area contributed by atoms with Gasteiger partial charge in [0.2, 0.25) is 0 Å². The van der Waals surface area contributed by atoms with Gasteiger partial charge in [-0.2, -0.15) is 0 Å². The summed E-state index contributed by atoms with van der Waals surface area (Å²) in [6.45, 7) is 6.64. The van der Waals surface area contributed by atoms with Gasteiger partial charge < -0.3 is 10.5 Å². The standard InChI is InChI=1S/C17H25NO2/c1-11(2)13-9-8-12(3)10-16(13)20-17(19)14-6-4-5-7-15(14)18/h4-7,11-13,16H,8-10,18H2,1-3H3/t12-,13-,16+/m0/s1. The molecule has 3 nitrogen and oxygen atoms in total. The van der Waals surface area contributed by atoms with E-state index in [0.29, 0.717) is 29.0 Å². The van der Waals surface area contributed by atoms with Crippen molar-refractivity contribution in [1.82, 2.24) is 0 Å². The van der Waals surface area contributed by atoms with Crippen LogP contribution in [0, 0.1) is 17.8 Å². The highest BCUT2D eigenvalue weighted by molar-refractivity contribution is 5.95. The first-order valence-electron chi connectivity index (χ1n) is 7.54. The van der Waals surface area contributed by atoms with Gasteiger partial charge >= 0.3 is 5.97 Å². The van der Waals surface area contributed by atoms with Gasteiger partial charge in [-0.25, -0.2) is 4.79 Å². The molecule has 1 aromatic rings. The molecule has 0 radical (unpaired) electrons. The molecule has 0 unspecified atom stereocenters.